The van der Waals surface area contributed by atoms with Gasteiger partial charge < -0.3 is 10.4 Å². The number of carboxylic acid groups (broad SMARTS) is 1. The van der Waals surface area contributed by atoms with Crippen LogP contribution in [0.2, 0.25) is 0 Å². The number of carboxylic acids is 1. The maximum absolute atomic E-state index is 11.8. The Morgan fingerprint density at radius 2 is 2.20 bits per heavy atom. The van der Waals surface area contributed by atoms with Gasteiger partial charge in [-0.05, 0) is 19.4 Å². The lowest BCUT2D eigenvalue weighted by Gasteiger charge is -2.06. The molecule has 0 aromatic carbocycles. The van der Waals surface area contributed by atoms with E-state index in [0.717, 1.165) is 10.4 Å². The molecule has 0 spiro atoms. The smallest absolute Gasteiger partial charge is 0.338 e. The molecule has 2 heterocycles. The molecule has 0 aliphatic carbocycles. The number of thiophene rings is 1. The summed E-state index contributed by atoms with van der Waals surface area (Å²) in [6.07, 6.45) is 3.27. The van der Waals surface area contributed by atoms with E-state index in [-0.39, 0.29) is 5.56 Å². The van der Waals surface area contributed by atoms with Crippen LogP contribution in [-0.4, -0.2) is 27.3 Å². The van der Waals surface area contributed by atoms with Crippen molar-refractivity contribution in [1.29, 1.82) is 0 Å². The fourth-order valence-electron chi connectivity index (χ4n) is 1.68. The molecule has 0 saturated heterocycles. The summed E-state index contributed by atoms with van der Waals surface area (Å²) in [5, 5.41) is 21.1. The summed E-state index contributed by atoms with van der Waals surface area (Å²) in [5.74, 6) is -1.04. The standard InChI is InChI=1S/C12H14N4O3S/c1-6-7(2)20-10(9(6)11(17)18)16-12(19)13-3-8-4-14-15-5-8/h4-5H,3H2,1-2H3,(H,14,15)(H,17,18)(H2,13,16,19). The maximum Gasteiger partial charge on any atom is 0.338 e. The van der Waals surface area contributed by atoms with E-state index < -0.39 is 12.0 Å². The lowest BCUT2D eigenvalue weighted by atomic mass is 10.1. The van der Waals surface area contributed by atoms with Gasteiger partial charge in [0.15, 0.2) is 0 Å². The maximum atomic E-state index is 11.8. The second-order valence-corrected chi connectivity index (χ2v) is 5.43. The Hall–Kier alpha value is -2.35. The summed E-state index contributed by atoms with van der Waals surface area (Å²) >= 11 is 1.25. The van der Waals surface area contributed by atoms with E-state index in [1.807, 2.05) is 6.92 Å². The fraction of sp³-hybridized carbons (Fsp3) is 0.250. The Kier molecular flexibility index (Phi) is 4.04. The summed E-state index contributed by atoms with van der Waals surface area (Å²) in [6.45, 7) is 3.86. The first kappa shape index (κ1) is 14.1. The minimum Gasteiger partial charge on any atom is -0.478 e. The minimum atomic E-state index is -1.04. The van der Waals surface area contributed by atoms with Crippen molar-refractivity contribution in [2.45, 2.75) is 20.4 Å². The molecule has 0 aliphatic rings. The second kappa shape index (κ2) is 5.74. The highest BCUT2D eigenvalue weighted by Crippen LogP contribution is 2.32. The van der Waals surface area contributed by atoms with E-state index in [1.54, 1.807) is 19.3 Å². The Morgan fingerprint density at radius 3 is 2.80 bits per heavy atom. The van der Waals surface area contributed by atoms with Crippen LogP contribution < -0.4 is 10.6 Å². The molecule has 0 bridgehead atoms. The molecule has 106 valence electrons. The van der Waals surface area contributed by atoms with Crippen LogP contribution in [-0.2, 0) is 6.54 Å². The lowest BCUT2D eigenvalue weighted by molar-refractivity contribution is 0.0697. The van der Waals surface area contributed by atoms with Gasteiger partial charge in [-0.3, -0.25) is 10.4 Å². The zero-order chi connectivity index (χ0) is 14.7. The van der Waals surface area contributed by atoms with Crippen LogP contribution in [0.15, 0.2) is 12.4 Å². The molecule has 4 N–H and O–H groups in total. The third kappa shape index (κ3) is 2.97. The molecule has 20 heavy (non-hydrogen) atoms. The Labute approximate surface area is 119 Å². The molecule has 8 heteroatoms. The van der Waals surface area contributed by atoms with Crippen LogP contribution in [0.4, 0.5) is 9.80 Å². The van der Waals surface area contributed by atoms with E-state index in [1.165, 1.54) is 11.3 Å². The molecule has 0 aliphatic heterocycles. The summed E-state index contributed by atoms with van der Waals surface area (Å²) < 4.78 is 0. The van der Waals surface area contributed by atoms with Gasteiger partial charge in [0.2, 0.25) is 0 Å². The van der Waals surface area contributed by atoms with Crippen molar-refractivity contribution < 1.29 is 14.7 Å². The number of aromatic nitrogens is 2. The topological polar surface area (TPSA) is 107 Å². The molecule has 2 rings (SSSR count). The Morgan fingerprint density at radius 1 is 1.45 bits per heavy atom. The van der Waals surface area contributed by atoms with Crippen LogP contribution in [0.3, 0.4) is 0 Å². The fourth-order valence-corrected chi connectivity index (χ4v) is 2.72. The van der Waals surface area contributed by atoms with Crippen LogP contribution in [0, 0.1) is 13.8 Å². The van der Waals surface area contributed by atoms with Gasteiger partial charge in [-0.15, -0.1) is 11.3 Å². The third-order valence-electron chi connectivity index (χ3n) is 2.83. The molecule has 2 amide bonds. The van der Waals surface area contributed by atoms with E-state index in [9.17, 15) is 14.7 Å². The summed E-state index contributed by atoms with van der Waals surface area (Å²) in [5.41, 5.74) is 1.65. The first-order chi connectivity index (χ1) is 9.49. The predicted octanol–water partition coefficient (Wildman–Crippen LogP) is 2.11. The van der Waals surface area contributed by atoms with Crippen molar-refractivity contribution >= 4 is 28.3 Å². The quantitative estimate of drug-likeness (QED) is 0.692. The number of rotatable bonds is 4. The van der Waals surface area contributed by atoms with E-state index in [2.05, 4.69) is 20.8 Å². The SMILES string of the molecule is Cc1sc(NC(=O)NCc2cn[nH]c2)c(C(=O)O)c1C. The lowest BCUT2D eigenvalue weighted by Crippen LogP contribution is -2.28. The van der Waals surface area contributed by atoms with Gasteiger partial charge in [-0.2, -0.15) is 5.10 Å². The van der Waals surface area contributed by atoms with Crippen LogP contribution in [0.1, 0.15) is 26.4 Å². The number of carbonyl (C=O) groups excluding carboxylic acids is 1. The molecule has 2 aromatic rings. The number of urea groups is 1. The summed E-state index contributed by atoms with van der Waals surface area (Å²) in [4.78, 5) is 23.8. The Bertz CT molecular complexity index is 633. The number of amides is 2. The Balaban J connectivity index is 2.04. The minimum absolute atomic E-state index is 0.144. The number of H-pyrrole nitrogens is 1. The number of anilines is 1. The highest BCUT2D eigenvalue weighted by Gasteiger charge is 2.20. The number of aromatic amines is 1. The summed E-state index contributed by atoms with van der Waals surface area (Å²) in [6, 6.07) is -0.449. The number of aryl methyl sites for hydroxylation is 1. The molecule has 0 radical (unpaired) electrons. The predicted molar refractivity (Wildman–Crippen MR) is 75.2 cm³/mol. The molecular formula is C12H14N4O3S. The van der Waals surface area contributed by atoms with E-state index >= 15 is 0 Å². The van der Waals surface area contributed by atoms with Gasteiger partial charge in [-0.1, -0.05) is 0 Å². The molecule has 0 unspecified atom stereocenters. The van der Waals surface area contributed by atoms with Gasteiger partial charge >= 0.3 is 12.0 Å². The average molecular weight is 294 g/mol. The third-order valence-corrected chi connectivity index (χ3v) is 3.96. The van der Waals surface area contributed by atoms with Crippen LogP contribution >= 0.6 is 11.3 Å². The molecular weight excluding hydrogens is 280 g/mol. The highest BCUT2D eigenvalue weighted by atomic mass is 32.1. The van der Waals surface area contributed by atoms with Gasteiger partial charge in [0.1, 0.15) is 5.00 Å². The van der Waals surface area contributed by atoms with Crippen LogP contribution in [0.5, 0.6) is 0 Å². The monoisotopic (exact) mass is 294 g/mol. The summed E-state index contributed by atoms with van der Waals surface area (Å²) in [7, 11) is 0. The number of hydrogen-bond acceptors (Lipinski definition) is 4. The molecule has 7 nitrogen and oxygen atoms in total. The molecule has 0 fully saturated rings. The normalized spacial score (nSPS) is 10.3. The second-order valence-electron chi connectivity index (χ2n) is 4.21. The van der Waals surface area contributed by atoms with Crippen molar-refractivity contribution in [3.63, 3.8) is 0 Å². The van der Waals surface area contributed by atoms with Gasteiger partial charge in [0, 0.05) is 23.2 Å². The van der Waals surface area contributed by atoms with E-state index in [0.29, 0.717) is 17.1 Å². The average Bonchev–Trinajstić information content (AvgIpc) is 2.96. The van der Waals surface area contributed by atoms with Crippen molar-refractivity contribution in [2.75, 3.05) is 5.32 Å². The largest absolute Gasteiger partial charge is 0.478 e. The number of nitrogens with zero attached hydrogens (tertiary/aromatic N) is 1. The zero-order valence-corrected chi connectivity index (χ0v) is 11.8. The van der Waals surface area contributed by atoms with Gasteiger partial charge in [0.05, 0.1) is 11.8 Å². The van der Waals surface area contributed by atoms with Gasteiger partial charge in [-0.25, -0.2) is 9.59 Å². The molecule has 0 atom stereocenters. The van der Waals surface area contributed by atoms with Crippen molar-refractivity contribution in [3.05, 3.63) is 34.0 Å². The first-order valence-electron chi connectivity index (χ1n) is 5.85. The molecule has 0 saturated carbocycles. The van der Waals surface area contributed by atoms with Gasteiger partial charge in [0.25, 0.3) is 0 Å². The van der Waals surface area contributed by atoms with Crippen molar-refractivity contribution in [2.24, 2.45) is 0 Å². The first-order valence-corrected chi connectivity index (χ1v) is 6.66. The van der Waals surface area contributed by atoms with Crippen LogP contribution in [0.25, 0.3) is 0 Å². The number of nitrogens with one attached hydrogen (secondary N) is 3. The molecule has 2 aromatic heterocycles. The van der Waals surface area contributed by atoms with E-state index in [4.69, 9.17) is 0 Å². The number of carbonyl (C=O) groups is 2. The number of hydrogen-bond donors (Lipinski definition) is 4. The number of aromatic carboxylic acids is 1. The van der Waals surface area contributed by atoms with Crippen molar-refractivity contribution in [3.8, 4) is 0 Å². The highest BCUT2D eigenvalue weighted by molar-refractivity contribution is 7.16. The zero-order valence-electron chi connectivity index (χ0n) is 11.0. The van der Waals surface area contributed by atoms with Crippen molar-refractivity contribution in [1.82, 2.24) is 15.5 Å².